The van der Waals surface area contributed by atoms with Gasteiger partial charge in [-0.15, -0.1) is 0 Å². The van der Waals surface area contributed by atoms with Crippen LogP contribution in [0.15, 0.2) is 18.2 Å². The fourth-order valence-electron chi connectivity index (χ4n) is 1.53. The summed E-state index contributed by atoms with van der Waals surface area (Å²) in [5, 5.41) is 9.08. The maximum atomic E-state index is 10.3. The summed E-state index contributed by atoms with van der Waals surface area (Å²) in [5.74, 6) is 0.636. The average Bonchev–Trinajstić information content (AvgIpc) is 2.17. The standard InChI is InChI=1S/C10H9ClO4/c11-7-2-3-8-6(5-7)1-4-9(14-8)15-10(12)13/h2-3,5,9H,1,4H2,(H,12,13). The Kier molecular flexibility index (Phi) is 2.68. The van der Waals surface area contributed by atoms with Crippen molar-refractivity contribution in [3.05, 3.63) is 28.8 Å². The maximum Gasteiger partial charge on any atom is 0.508 e. The van der Waals surface area contributed by atoms with E-state index in [1.807, 2.05) is 6.07 Å². The largest absolute Gasteiger partial charge is 0.508 e. The molecule has 1 aliphatic rings. The van der Waals surface area contributed by atoms with Crippen molar-refractivity contribution in [2.75, 3.05) is 0 Å². The molecule has 1 heterocycles. The predicted octanol–water partition coefficient (Wildman–Crippen LogP) is 2.69. The molecular formula is C10H9ClO4. The lowest BCUT2D eigenvalue weighted by molar-refractivity contribution is -0.0634. The molecule has 0 saturated heterocycles. The van der Waals surface area contributed by atoms with Crippen molar-refractivity contribution in [2.24, 2.45) is 0 Å². The second kappa shape index (κ2) is 3.98. The molecule has 0 fully saturated rings. The molecule has 1 atom stereocenters. The summed E-state index contributed by atoms with van der Waals surface area (Å²) in [6, 6.07) is 5.23. The number of hydrogen-bond donors (Lipinski definition) is 1. The van der Waals surface area contributed by atoms with E-state index in [4.69, 9.17) is 21.4 Å². The summed E-state index contributed by atoms with van der Waals surface area (Å²) in [7, 11) is 0. The van der Waals surface area contributed by atoms with Crippen LogP contribution in [0.5, 0.6) is 5.75 Å². The first-order valence-electron chi connectivity index (χ1n) is 4.50. The molecule has 5 heteroatoms. The molecule has 1 N–H and O–H groups in total. The van der Waals surface area contributed by atoms with Gasteiger partial charge in [0.15, 0.2) is 0 Å². The third-order valence-corrected chi connectivity index (χ3v) is 2.40. The zero-order valence-electron chi connectivity index (χ0n) is 7.77. The molecule has 1 unspecified atom stereocenters. The normalized spacial score (nSPS) is 18.9. The van der Waals surface area contributed by atoms with Gasteiger partial charge in [-0.2, -0.15) is 0 Å². The fourth-order valence-corrected chi connectivity index (χ4v) is 1.72. The van der Waals surface area contributed by atoms with Gasteiger partial charge < -0.3 is 14.6 Å². The van der Waals surface area contributed by atoms with E-state index in [2.05, 4.69) is 4.74 Å². The number of carbonyl (C=O) groups is 1. The summed E-state index contributed by atoms with van der Waals surface area (Å²) in [6.45, 7) is 0. The van der Waals surface area contributed by atoms with Crippen LogP contribution in [0.4, 0.5) is 4.79 Å². The van der Waals surface area contributed by atoms with Crippen LogP contribution in [0, 0.1) is 0 Å². The molecule has 0 aromatic heterocycles. The lowest BCUT2D eigenvalue weighted by Crippen LogP contribution is -2.27. The van der Waals surface area contributed by atoms with Gasteiger partial charge in [0.25, 0.3) is 0 Å². The number of benzene rings is 1. The first-order valence-corrected chi connectivity index (χ1v) is 4.87. The summed E-state index contributed by atoms with van der Waals surface area (Å²) >= 11 is 5.82. The van der Waals surface area contributed by atoms with Gasteiger partial charge in [0, 0.05) is 11.4 Å². The van der Waals surface area contributed by atoms with E-state index in [1.54, 1.807) is 12.1 Å². The first-order chi connectivity index (χ1) is 7.15. The minimum Gasteiger partial charge on any atom is -0.454 e. The number of carboxylic acid groups (broad SMARTS) is 1. The van der Waals surface area contributed by atoms with Crippen LogP contribution in [-0.4, -0.2) is 17.6 Å². The van der Waals surface area contributed by atoms with Crippen molar-refractivity contribution in [3.8, 4) is 5.75 Å². The highest BCUT2D eigenvalue weighted by atomic mass is 35.5. The lowest BCUT2D eigenvalue weighted by Gasteiger charge is -2.24. The first kappa shape index (κ1) is 10.1. The molecule has 0 radical (unpaired) electrons. The van der Waals surface area contributed by atoms with Crippen molar-refractivity contribution in [3.63, 3.8) is 0 Å². The van der Waals surface area contributed by atoms with Gasteiger partial charge in [-0.25, -0.2) is 4.79 Å². The molecule has 0 bridgehead atoms. The van der Waals surface area contributed by atoms with Gasteiger partial charge in [0.1, 0.15) is 5.75 Å². The quantitative estimate of drug-likeness (QED) is 0.751. The van der Waals surface area contributed by atoms with Crippen LogP contribution in [0.25, 0.3) is 0 Å². The highest BCUT2D eigenvalue weighted by Gasteiger charge is 2.22. The molecule has 1 aliphatic heterocycles. The molecule has 15 heavy (non-hydrogen) atoms. The summed E-state index contributed by atoms with van der Waals surface area (Å²) in [6.07, 6.45) is -0.818. The fraction of sp³-hybridized carbons (Fsp3) is 0.300. The zero-order chi connectivity index (χ0) is 10.8. The Morgan fingerprint density at radius 2 is 2.40 bits per heavy atom. The third-order valence-electron chi connectivity index (χ3n) is 2.16. The van der Waals surface area contributed by atoms with Crippen LogP contribution in [0.1, 0.15) is 12.0 Å². The molecule has 0 aliphatic carbocycles. The van der Waals surface area contributed by atoms with Crippen molar-refractivity contribution in [1.29, 1.82) is 0 Å². The smallest absolute Gasteiger partial charge is 0.454 e. The molecule has 2 rings (SSSR count). The molecular weight excluding hydrogens is 220 g/mol. The summed E-state index contributed by atoms with van der Waals surface area (Å²) in [4.78, 5) is 10.3. The van der Waals surface area contributed by atoms with Crippen molar-refractivity contribution >= 4 is 17.8 Å². The number of ether oxygens (including phenoxy) is 2. The summed E-state index contributed by atoms with van der Waals surface area (Å²) < 4.78 is 9.88. The second-order valence-electron chi connectivity index (χ2n) is 3.22. The van der Waals surface area contributed by atoms with Gasteiger partial charge in [-0.05, 0) is 30.2 Å². The second-order valence-corrected chi connectivity index (χ2v) is 3.66. The highest BCUT2D eigenvalue weighted by Crippen LogP contribution is 2.30. The minimum absolute atomic E-state index is 0.514. The predicted molar refractivity (Wildman–Crippen MR) is 53.3 cm³/mol. The lowest BCUT2D eigenvalue weighted by atomic mass is 10.1. The molecule has 80 valence electrons. The summed E-state index contributed by atoms with van der Waals surface area (Å²) in [5.41, 5.74) is 0.979. The highest BCUT2D eigenvalue weighted by molar-refractivity contribution is 6.30. The number of rotatable bonds is 1. The maximum absolute atomic E-state index is 10.3. The number of aryl methyl sites for hydroxylation is 1. The monoisotopic (exact) mass is 228 g/mol. The molecule has 0 spiro atoms. The Morgan fingerprint density at radius 1 is 1.60 bits per heavy atom. The molecule has 1 aromatic carbocycles. The van der Waals surface area contributed by atoms with Crippen LogP contribution in [-0.2, 0) is 11.2 Å². The van der Waals surface area contributed by atoms with Gasteiger partial charge in [0.05, 0.1) is 0 Å². The van der Waals surface area contributed by atoms with E-state index in [9.17, 15) is 4.79 Å². The van der Waals surface area contributed by atoms with Crippen molar-refractivity contribution < 1.29 is 19.4 Å². The van der Waals surface area contributed by atoms with Crippen LogP contribution < -0.4 is 4.74 Å². The van der Waals surface area contributed by atoms with Crippen molar-refractivity contribution in [2.45, 2.75) is 19.1 Å². The van der Waals surface area contributed by atoms with E-state index >= 15 is 0 Å². The van der Waals surface area contributed by atoms with E-state index in [1.165, 1.54) is 0 Å². The Morgan fingerprint density at radius 3 is 3.13 bits per heavy atom. The van der Waals surface area contributed by atoms with Crippen molar-refractivity contribution in [1.82, 2.24) is 0 Å². The molecule has 0 amide bonds. The number of hydrogen-bond acceptors (Lipinski definition) is 3. The SMILES string of the molecule is O=C(O)OC1CCc2cc(Cl)ccc2O1. The molecule has 0 saturated carbocycles. The van der Waals surface area contributed by atoms with Crippen LogP contribution in [0.3, 0.4) is 0 Å². The number of fused-ring (bicyclic) bond motifs is 1. The zero-order valence-corrected chi connectivity index (χ0v) is 8.53. The Balaban J connectivity index is 2.13. The van der Waals surface area contributed by atoms with E-state index in [0.717, 1.165) is 5.56 Å². The minimum atomic E-state index is -1.32. The number of halogens is 1. The Bertz CT molecular complexity index is 391. The topological polar surface area (TPSA) is 55.8 Å². The Labute approximate surface area is 91.4 Å². The van der Waals surface area contributed by atoms with Gasteiger partial charge >= 0.3 is 6.16 Å². The van der Waals surface area contributed by atoms with Crippen LogP contribution >= 0.6 is 11.6 Å². The van der Waals surface area contributed by atoms with Crippen LogP contribution in [0.2, 0.25) is 5.02 Å². The van der Waals surface area contributed by atoms with Gasteiger partial charge in [-0.1, -0.05) is 11.6 Å². The van der Waals surface area contributed by atoms with Gasteiger partial charge in [0.2, 0.25) is 6.29 Å². The van der Waals surface area contributed by atoms with E-state index < -0.39 is 12.4 Å². The average molecular weight is 229 g/mol. The molecule has 1 aromatic rings. The Hall–Kier alpha value is -1.42. The van der Waals surface area contributed by atoms with E-state index in [-0.39, 0.29) is 0 Å². The van der Waals surface area contributed by atoms with E-state index in [0.29, 0.717) is 23.6 Å². The van der Waals surface area contributed by atoms with Gasteiger partial charge in [-0.3, -0.25) is 0 Å². The molecule has 4 nitrogen and oxygen atoms in total. The third kappa shape index (κ3) is 2.33.